The van der Waals surface area contributed by atoms with Crippen molar-refractivity contribution in [3.05, 3.63) is 11.6 Å². The summed E-state index contributed by atoms with van der Waals surface area (Å²) in [7, 11) is 3.38. The molecule has 28 heavy (non-hydrogen) atoms. The maximum absolute atomic E-state index is 13.3. The van der Waals surface area contributed by atoms with E-state index in [1.807, 2.05) is 48.5 Å². The van der Waals surface area contributed by atoms with Crippen LogP contribution in [0.3, 0.4) is 0 Å². The number of hydrogen-bond donors (Lipinski definition) is 3. The van der Waals surface area contributed by atoms with Gasteiger partial charge in [0.15, 0.2) is 0 Å². The Balaban J connectivity index is 5.80. The molecule has 0 aromatic carbocycles. The molecule has 0 saturated heterocycles. The van der Waals surface area contributed by atoms with Gasteiger partial charge in [-0.25, -0.2) is 4.79 Å². The molecule has 0 bridgehead atoms. The number of nitrogens with one attached hydrogen (secondary N) is 2. The lowest BCUT2D eigenvalue weighted by molar-refractivity contribution is -0.140. The number of carboxylic acids is 1. The standard InChI is InChI=1S/C21H39N3O4/c1-12(2)15(11-14(5)20(27)28)24(10)19(26)17(21(6,7)8)23-18(25)16(22-9)13(3)4/h11-13,15-17,22H,1-10H3,(H,23,25)(H,27,28)/b14-11+/t15-,16+,17-/m1/s1. The summed E-state index contributed by atoms with van der Waals surface area (Å²) in [5.74, 6) is -1.39. The molecule has 0 aliphatic heterocycles. The van der Waals surface area contributed by atoms with Crippen molar-refractivity contribution in [3.63, 3.8) is 0 Å². The summed E-state index contributed by atoms with van der Waals surface area (Å²) in [6, 6.07) is -1.53. The topological polar surface area (TPSA) is 98.7 Å². The number of carboxylic acid groups (broad SMARTS) is 1. The molecule has 0 aromatic heterocycles. The SMILES string of the molecule is CN[C@H](C(=O)N[C@H](C(=O)N(C)[C@H](/C=C(\C)C(=O)O)C(C)C)C(C)(C)C)C(C)C. The molecule has 3 atom stereocenters. The van der Waals surface area contributed by atoms with Gasteiger partial charge in [0.05, 0.1) is 12.1 Å². The van der Waals surface area contributed by atoms with Gasteiger partial charge in [0.2, 0.25) is 11.8 Å². The smallest absolute Gasteiger partial charge is 0.331 e. The Kier molecular flexibility index (Phi) is 9.88. The molecule has 162 valence electrons. The molecule has 0 fully saturated rings. The van der Waals surface area contributed by atoms with Gasteiger partial charge in [0.25, 0.3) is 0 Å². The van der Waals surface area contributed by atoms with E-state index in [-0.39, 0.29) is 29.2 Å². The van der Waals surface area contributed by atoms with Gasteiger partial charge in [-0.05, 0) is 31.2 Å². The molecule has 0 aliphatic rings. The third-order valence-electron chi connectivity index (χ3n) is 4.90. The molecule has 7 nitrogen and oxygen atoms in total. The lowest BCUT2D eigenvalue weighted by Crippen LogP contribution is -2.59. The summed E-state index contributed by atoms with van der Waals surface area (Å²) in [5.41, 5.74) is -0.326. The molecule has 0 radical (unpaired) electrons. The normalized spacial score (nSPS) is 15.9. The molecule has 2 amide bonds. The van der Waals surface area contributed by atoms with Crippen LogP contribution in [-0.2, 0) is 14.4 Å². The van der Waals surface area contributed by atoms with E-state index in [0.717, 1.165) is 0 Å². The molecule has 0 heterocycles. The van der Waals surface area contributed by atoms with Crippen LogP contribution in [0.2, 0.25) is 0 Å². The third kappa shape index (κ3) is 7.26. The molecular weight excluding hydrogens is 358 g/mol. The second-order valence-electron chi connectivity index (χ2n) is 9.16. The van der Waals surface area contributed by atoms with Gasteiger partial charge >= 0.3 is 5.97 Å². The minimum absolute atomic E-state index is 0.0142. The predicted octanol–water partition coefficient (Wildman–Crippen LogP) is 2.28. The summed E-state index contributed by atoms with van der Waals surface area (Å²) < 4.78 is 0. The molecule has 0 rings (SSSR count). The molecule has 0 aliphatic carbocycles. The number of aliphatic carboxylic acids is 1. The molecule has 0 unspecified atom stereocenters. The van der Waals surface area contributed by atoms with Crippen LogP contribution in [0.5, 0.6) is 0 Å². The Hall–Kier alpha value is -1.89. The molecule has 0 saturated carbocycles. The fourth-order valence-corrected chi connectivity index (χ4v) is 3.08. The van der Waals surface area contributed by atoms with Crippen LogP contribution in [0.15, 0.2) is 11.6 Å². The van der Waals surface area contributed by atoms with Crippen LogP contribution >= 0.6 is 0 Å². The van der Waals surface area contributed by atoms with E-state index in [0.29, 0.717) is 0 Å². The van der Waals surface area contributed by atoms with Crippen LogP contribution in [0.1, 0.15) is 55.4 Å². The Morgan fingerprint density at radius 1 is 1.04 bits per heavy atom. The number of carbonyl (C=O) groups is 3. The quantitative estimate of drug-likeness (QED) is 0.519. The zero-order chi connectivity index (χ0) is 22.4. The summed E-state index contributed by atoms with van der Waals surface area (Å²) in [6.45, 7) is 15.0. The number of rotatable bonds is 9. The Labute approximate surface area is 169 Å². The van der Waals surface area contributed by atoms with Crippen LogP contribution in [-0.4, -0.2) is 60.0 Å². The first kappa shape index (κ1) is 26.1. The maximum Gasteiger partial charge on any atom is 0.331 e. The highest BCUT2D eigenvalue weighted by Gasteiger charge is 2.38. The Morgan fingerprint density at radius 3 is 1.86 bits per heavy atom. The second-order valence-corrected chi connectivity index (χ2v) is 9.16. The first-order chi connectivity index (χ1) is 12.6. The van der Waals surface area contributed by atoms with E-state index in [1.54, 1.807) is 20.2 Å². The average molecular weight is 398 g/mol. The number of nitrogens with zero attached hydrogens (tertiary/aromatic N) is 1. The second kappa shape index (κ2) is 10.6. The highest BCUT2D eigenvalue weighted by molar-refractivity contribution is 5.91. The zero-order valence-electron chi connectivity index (χ0n) is 19.1. The van der Waals surface area contributed by atoms with Crippen LogP contribution in [0.25, 0.3) is 0 Å². The van der Waals surface area contributed by atoms with Crippen LogP contribution < -0.4 is 10.6 Å². The predicted molar refractivity (Wildman–Crippen MR) is 112 cm³/mol. The van der Waals surface area contributed by atoms with Gasteiger partial charge in [-0.3, -0.25) is 9.59 Å². The van der Waals surface area contributed by atoms with Crippen molar-refractivity contribution in [2.24, 2.45) is 17.3 Å². The van der Waals surface area contributed by atoms with Gasteiger partial charge in [0.1, 0.15) is 6.04 Å². The summed E-state index contributed by atoms with van der Waals surface area (Å²) in [5, 5.41) is 15.1. The Bertz CT molecular complexity index is 591. The van der Waals surface area contributed by atoms with Gasteiger partial charge in [-0.2, -0.15) is 0 Å². The van der Waals surface area contributed by atoms with E-state index in [4.69, 9.17) is 0 Å². The van der Waals surface area contributed by atoms with E-state index < -0.39 is 29.5 Å². The van der Waals surface area contributed by atoms with E-state index in [2.05, 4.69) is 10.6 Å². The van der Waals surface area contributed by atoms with Crippen molar-refractivity contribution in [1.82, 2.24) is 15.5 Å². The summed E-state index contributed by atoms with van der Waals surface area (Å²) >= 11 is 0. The number of carbonyl (C=O) groups excluding carboxylic acids is 2. The highest BCUT2D eigenvalue weighted by atomic mass is 16.4. The summed E-state index contributed by atoms with van der Waals surface area (Å²) in [4.78, 5) is 38.8. The van der Waals surface area contributed by atoms with Gasteiger partial charge in [0, 0.05) is 12.6 Å². The van der Waals surface area contributed by atoms with Crippen molar-refractivity contribution in [3.8, 4) is 0 Å². The van der Waals surface area contributed by atoms with Crippen molar-refractivity contribution in [1.29, 1.82) is 0 Å². The first-order valence-electron chi connectivity index (χ1n) is 9.81. The van der Waals surface area contributed by atoms with Crippen molar-refractivity contribution in [2.75, 3.05) is 14.1 Å². The molecule has 0 spiro atoms. The number of hydrogen-bond acceptors (Lipinski definition) is 4. The van der Waals surface area contributed by atoms with Gasteiger partial charge in [-0.1, -0.05) is 54.5 Å². The summed E-state index contributed by atoms with van der Waals surface area (Å²) in [6.07, 6.45) is 1.59. The largest absolute Gasteiger partial charge is 0.478 e. The van der Waals surface area contributed by atoms with E-state index in [9.17, 15) is 19.5 Å². The molecule has 7 heteroatoms. The van der Waals surface area contributed by atoms with Gasteiger partial charge < -0.3 is 20.6 Å². The van der Waals surface area contributed by atoms with Crippen LogP contribution in [0.4, 0.5) is 0 Å². The van der Waals surface area contributed by atoms with Gasteiger partial charge in [-0.15, -0.1) is 0 Å². The van der Waals surface area contributed by atoms with Crippen molar-refractivity contribution < 1.29 is 19.5 Å². The minimum atomic E-state index is -1.01. The Morgan fingerprint density at radius 2 is 1.54 bits per heavy atom. The van der Waals surface area contributed by atoms with E-state index >= 15 is 0 Å². The van der Waals surface area contributed by atoms with E-state index in [1.165, 1.54) is 11.8 Å². The lowest BCUT2D eigenvalue weighted by Gasteiger charge is -2.38. The average Bonchev–Trinajstić information content (AvgIpc) is 2.54. The third-order valence-corrected chi connectivity index (χ3v) is 4.90. The molecule has 3 N–H and O–H groups in total. The van der Waals surface area contributed by atoms with Crippen LogP contribution in [0, 0.1) is 17.3 Å². The molecular formula is C21H39N3O4. The zero-order valence-corrected chi connectivity index (χ0v) is 19.1. The fraction of sp³-hybridized carbons (Fsp3) is 0.762. The highest BCUT2D eigenvalue weighted by Crippen LogP contribution is 2.24. The number of amides is 2. The minimum Gasteiger partial charge on any atom is -0.478 e. The van der Waals surface area contributed by atoms with Crippen molar-refractivity contribution in [2.45, 2.75) is 73.5 Å². The number of likely N-dealkylation sites (N-methyl/N-ethyl adjacent to an activating group) is 2. The first-order valence-corrected chi connectivity index (χ1v) is 9.81. The monoisotopic (exact) mass is 397 g/mol. The maximum atomic E-state index is 13.3. The lowest BCUT2D eigenvalue weighted by atomic mass is 9.84. The fourth-order valence-electron chi connectivity index (χ4n) is 3.08. The van der Waals surface area contributed by atoms with Crippen molar-refractivity contribution >= 4 is 17.8 Å². The molecule has 0 aromatic rings.